The molecular formula is C11H8OS. The zero-order chi connectivity index (χ0) is 9.10. The number of aliphatic hydroxyl groups is 1. The second-order valence-corrected chi connectivity index (χ2v) is 3.58. The molecular weight excluding hydrogens is 180 g/mol. The van der Waals surface area contributed by atoms with Crippen LogP contribution < -0.4 is 0 Å². The molecule has 0 atom stereocenters. The second kappa shape index (κ2) is 3.61. The first-order chi connectivity index (χ1) is 6.40. The lowest BCUT2D eigenvalue weighted by Crippen LogP contribution is -1.75. The number of aliphatic hydroxyl groups excluding tert-OH is 1. The molecule has 0 amide bonds. The SMILES string of the molecule is OCC#Cc1ccc2ccsc2c1. The summed E-state index contributed by atoms with van der Waals surface area (Å²) < 4.78 is 1.24. The monoisotopic (exact) mass is 188 g/mol. The van der Waals surface area contributed by atoms with Gasteiger partial charge < -0.3 is 5.11 Å². The maximum absolute atomic E-state index is 8.53. The van der Waals surface area contributed by atoms with Gasteiger partial charge in [-0.25, -0.2) is 0 Å². The van der Waals surface area contributed by atoms with Gasteiger partial charge in [0.1, 0.15) is 6.61 Å². The van der Waals surface area contributed by atoms with E-state index >= 15 is 0 Å². The van der Waals surface area contributed by atoms with Gasteiger partial charge in [-0.15, -0.1) is 11.3 Å². The zero-order valence-electron chi connectivity index (χ0n) is 6.95. The Labute approximate surface area is 80.6 Å². The van der Waals surface area contributed by atoms with E-state index in [9.17, 15) is 0 Å². The minimum Gasteiger partial charge on any atom is -0.384 e. The molecule has 0 aliphatic rings. The van der Waals surface area contributed by atoms with E-state index in [1.165, 1.54) is 10.1 Å². The van der Waals surface area contributed by atoms with E-state index < -0.39 is 0 Å². The van der Waals surface area contributed by atoms with Crippen LogP contribution in [0.3, 0.4) is 0 Å². The van der Waals surface area contributed by atoms with Crippen LogP contribution in [0, 0.1) is 11.8 Å². The van der Waals surface area contributed by atoms with Gasteiger partial charge in [0.2, 0.25) is 0 Å². The second-order valence-electron chi connectivity index (χ2n) is 2.63. The Bertz CT molecular complexity index is 473. The summed E-state index contributed by atoms with van der Waals surface area (Å²) in [5.41, 5.74) is 0.962. The number of hydrogen-bond acceptors (Lipinski definition) is 2. The van der Waals surface area contributed by atoms with Gasteiger partial charge in [-0.2, -0.15) is 0 Å². The van der Waals surface area contributed by atoms with Gasteiger partial charge in [0.25, 0.3) is 0 Å². The maximum atomic E-state index is 8.53. The summed E-state index contributed by atoms with van der Waals surface area (Å²) in [7, 11) is 0. The molecule has 0 bridgehead atoms. The zero-order valence-corrected chi connectivity index (χ0v) is 7.77. The lowest BCUT2D eigenvalue weighted by Gasteiger charge is -1.90. The Kier molecular flexibility index (Phi) is 2.31. The first kappa shape index (κ1) is 8.31. The number of thiophene rings is 1. The molecule has 1 nitrogen and oxygen atoms in total. The lowest BCUT2D eigenvalue weighted by atomic mass is 10.2. The summed E-state index contributed by atoms with van der Waals surface area (Å²) in [4.78, 5) is 0. The van der Waals surface area contributed by atoms with Crippen LogP contribution in [0.2, 0.25) is 0 Å². The van der Waals surface area contributed by atoms with Gasteiger partial charge in [-0.05, 0) is 29.0 Å². The van der Waals surface area contributed by atoms with Crippen LogP contribution in [-0.4, -0.2) is 11.7 Å². The van der Waals surface area contributed by atoms with Crippen molar-refractivity contribution in [2.75, 3.05) is 6.61 Å². The van der Waals surface area contributed by atoms with Gasteiger partial charge in [-0.3, -0.25) is 0 Å². The standard InChI is InChI=1S/C11H8OS/c12-6-1-2-9-3-4-10-5-7-13-11(10)8-9/h3-5,7-8,12H,6H2. The number of rotatable bonds is 0. The van der Waals surface area contributed by atoms with Gasteiger partial charge in [0.05, 0.1) is 0 Å². The number of hydrogen-bond donors (Lipinski definition) is 1. The molecule has 2 aromatic rings. The molecule has 0 saturated carbocycles. The van der Waals surface area contributed by atoms with Crippen molar-refractivity contribution in [2.24, 2.45) is 0 Å². The van der Waals surface area contributed by atoms with Crippen LogP contribution in [0.4, 0.5) is 0 Å². The molecule has 0 aliphatic heterocycles. The predicted octanol–water partition coefficient (Wildman–Crippen LogP) is 2.25. The van der Waals surface area contributed by atoms with Crippen molar-refractivity contribution in [1.82, 2.24) is 0 Å². The Hall–Kier alpha value is -1.30. The molecule has 2 heteroatoms. The molecule has 13 heavy (non-hydrogen) atoms. The molecule has 0 fully saturated rings. The third-order valence-electron chi connectivity index (χ3n) is 1.77. The summed E-state index contributed by atoms with van der Waals surface area (Å²) >= 11 is 1.70. The largest absolute Gasteiger partial charge is 0.384 e. The van der Waals surface area contributed by atoms with Crippen molar-refractivity contribution >= 4 is 21.4 Å². The normalized spacial score (nSPS) is 9.62. The molecule has 1 heterocycles. The summed E-state index contributed by atoms with van der Waals surface area (Å²) in [6.07, 6.45) is 0. The lowest BCUT2D eigenvalue weighted by molar-refractivity contribution is 0.350. The summed E-state index contributed by atoms with van der Waals surface area (Å²) in [5, 5.41) is 11.8. The number of benzene rings is 1. The summed E-state index contributed by atoms with van der Waals surface area (Å²) in [6.45, 7) is -0.0809. The molecule has 0 unspecified atom stereocenters. The predicted molar refractivity (Wildman–Crippen MR) is 55.8 cm³/mol. The highest BCUT2D eigenvalue weighted by atomic mass is 32.1. The van der Waals surface area contributed by atoms with Crippen molar-refractivity contribution < 1.29 is 5.11 Å². The van der Waals surface area contributed by atoms with Crippen LogP contribution in [-0.2, 0) is 0 Å². The van der Waals surface area contributed by atoms with Crippen LogP contribution in [0.1, 0.15) is 5.56 Å². The molecule has 0 spiro atoms. The summed E-state index contributed by atoms with van der Waals surface area (Å²) in [6, 6.07) is 8.15. The van der Waals surface area contributed by atoms with E-state index in [0.717, 1.165) is 5.56 Å². The van der Waals surface area contributed by atoms with E-state index in [1.54, 1.807) is 11.3 Å². The van der Waals surface area contributed by atoms with Gasteiger partial charge >= 0.3 is 0 Å². The van der Waals surface area contributed by atoms with Crippen molar-refractivity contribution in [1.29, 1.82) is 0 Å². The quantitative estimate of drug-likeness (QED) is 0.629. The van der Waals surface area contributed by atoms with Crippen LogP contribution >= 0.6 is 11.3 Å². The van der Waals surface area contributed by atoms with E-state index in [-0.39, 0.29) is 6.61 Å². The van der Waals surface area contributed by atoms with Crippen molar-refractivity contribution in [3.8, 4) is 11.8 Å². The molecule has 0 aliphatic carbocycles. The molecule has 64 valence electrons. The molecule has 0 saturated heterocycles. The Morgan fingerprint density at radius 2 is 2.23 bits per heavy atom. The van der Waals surface area contributed by atoms with E-state index in [1.807, 2.05) is 18.2 Å². The van der Waals surface area contributed by atoms with E-state index in [2.05, 4.69) is 23.3 Å². The van der Waals surface area contributed by atoms with Crippen molar-refractivity contribution in [2.45, 2.75) is 0 Å². The van der Waals surface area contributed by atoms with Crippen LogP contribution in [0.15, 0.2) is 29.6 Å². The van der Waals surface area contributed by atoms with Crippen molar-refractivity contribution in [3.05, 3.63) is 35.2 Å². The summed E-state index contributed by atoms with van der Waals surface area (Å²) in [5.74, 6) is 5.51. The van der Waals surface area contributed by atoms with Crippen molar-refractivity contribution in [3.63, 3.8) is 0 Å². The average molecular weight is 188 g/mol. The van der Waals surface area contributed by atoms with Crippen LogP contribution in [0.25, 0.3) is 10.1 Å². The first-order valence-corrected chi connectivity index (χ1v) is 4.85. The highest BCUT2D eigenvalue weighted by Crippen LogP contribution is 2.21. The molecule has 1 aromatic heterocycles. The first-order valence-electron chi connectivity index (χ1n) is 3.97. The average Bonchev–Trinajstić information content (AvgIpc) is 2.61. The third-order valence-corrected chi connectivity index (χ3v) is 2.65. The van der Waals surface area contributed by atoms with Gasteiger partial charge in [0, 0.05) is 10.3 Å². The Morgan fingerprint density at radius 1 is 1.31 bits per heavy atom. The third kappa shape index (κ3) is 1.72. The fraction of sp³-hybridized carbons (Fsp3) is 0.0909. The van der Waals surface area contributed by atoms with Gasteiger partial charge in [0.15, 0.2) is 0 Å². The number of fused-ring (bicyclic) bond motifs is 1. The minimum atomic E-state index is -0.0809. The Morgan fingerprint density at radius 3 is 3.08 bits per heavy atom. The van der Waals surface area contributed by atoms with Gasteiger partial charge in [-0.1, -0.05) is 17.9 Å². The smallest absolute Gasteiger partial charge is 0.104 e. The Balaban J connectivity index is 2.48. The minimum absolute atomic E-state index is 0.0809. The fourth-order valence-corrected chi connectivity index (χ4v) is 2.00. The topological polar surface area (TPSA) is 20.2 Å². The van der Waals surface area contributed by atoms with E-state index in [0.29, 0.717) is 0 Å². The maximum Gasteiger partial charge on any atom is 0.104 e. The molecule has 1 N–H and O–H groups in total. The molecule has 1 aromatic carbocycles. The fourth-order valence-electron chi connectivity index (χ4n) is 1.17. The molecule has 0 radical (unpaired) electrons. The highest BCUT2D eigenvalue weighted by Gasteiger charge is 1.94. The molecule has 2 rings (SSSR count). The van der Waals surface area contributed by atoms with Crippen LogP contribution in [0.5, 0.6) is 0 Å². The van der Waals surface area contributed by atoms with E-state index in [4.69, 9.17) is 5.11 Å². The highest BCUT2D eigenvalue weighted by molar-refractivity contribution is 7.17.